The van der Waals surface area contributed by atoms with Gasteiger partial charge in [-0.25, -0.2) is 15.0 Å². The molecule has 0 unspecified atom stereocenters. The maximum atomic E-state index is 12.2. The summed E-state index contributed by atoms with van der Waals surface area (Å²) in [5.41, 5.74) is 2.76. The van der Waals surface area contributed by atoms with E-state index in [1.54, 1.807) is 11.1 Å². The van der Waals surface area contributed by atoms with E-state index >= 15 is 0 Å². The lowest BCUT2D eigenvalue weighted by Gasteiger charge is -2.29. The summed E-state index contributed by atoms with van der Waals surface area (Å²) in [5.74, 6) is 1.65. The van der Waals surface area contributed by atoms with Crippen LogP contribution in [0.25, 0.3) is 27.9 Å². The van der Waals surface area contributed by atoms with Crippen molar-refractivity contribution in [1.82, 2.24) is 34.2 Å². The number of anilines is 1. The Kier molecular flexibility index (Phi) is 4.57. The van der Waals surface area contributed by atoms with E-state index in [2.05, 4.69) is 30.2 Å². The number of hydrogen-bond donors (Lipinski definition) is 2. The van der Waals surface area contributed by atoms with Crippen molar-refractivity contribution in [1.29, 1.82) is 0 Å². The molecule has 1 amide bonds. The lowest BCUT2D eigenvalue weighted by molar-refractivity contribution is -0.133. The molecule has 0 radical (unpaired) electrons. The number of aromatic amines is 1. The molecule has 0 saturated heterocycles. The number of rotatable bonds is 4. The molecule has 0 atom stereocenters. The first kappa shape index (κ1) is 18.5. The molecule has 4 heterocycles. The molecule has 5 rings (SSSR count). The van der Waals surface area contributed by atoms with Crippen LogP contribution in [0.5, 0.6) is 0 Å². The number of H-pyrrole nitrogens is 1. The minimum atomic E-state index is 0.133. The van der Waals surface area contributed by atoms with Crippen molar-refractivity contribution in [2.45, 2.75) is 31.7 Å². The van der Waals surface area contributed by atoms with Gasteiger partial charge in [-0.2, -0.15) is 4.98 Å². The average molecular weight is 404 g/mol. The van der Waals surface area contributed by atoms with Gasteiger partial charge in [0, 0.05) is 79.7 Å². The second-order valence-electron chi connectivity index (χ2n) is 8.06. The van der Waals surface area contributed by atoms with Crippen LogP contribution in [0.3, 0.4) is 0 Å². The first-order valence-electron chi connectivity index (χ1n) is 10.2. The summed E-state index contributed by atoms with van der Waals surface area (Å²) in [5, 5.41) is 4.39. The lowest BCUT2D eigenvalue weighted by Crippen LogP contribution is -2.35. The standard InChI is InChI=1S/C21H24N8O/c1-28(2)19(30)13-3-5-15(6-4-13)26-20-24-11-17-16(10-23-18(17)27-20)14-9-25-21-22-7-8-29(21)12-14/h7-13,15H,3-6H2,1-2H3,(H2,23,24,26,27)/t13-,15+. The summed E-state index contributed by atoms with van der Waals surface area (Å²) >= 11 is 0. The summed E-state index contributed by atoms with van der Waals surface area (Å²) in [4.78, 5) is 34.9. The van der Waals surface area contributed by atoms with Gasteiger partial charge in [0.2, 0.25) is 17.6 Å². The Bertz CT molecular complexity index is 1200. The molecule has 4 aromatic rings. The third-order valence-electron chi connectivity index (χ3n) is 5.84. The Morgan fingerprint density at radius 3 is 2.80 bits per heavy atom. The Morgan fingerprint density at radius 2 is 2.00 bits per heavy atom. The summed E-state index contributed by atoms with van der Waals surface area (Å²) in [7, 11) is 3.65. The predicted octanol–water partition coefficient (Wildman–Crippen LogP) is 2.73. The number of fused-ring (bicyclic) bond motifs is 2. The molecule has 1 aliphatic rings. The van der Waals surface area contributed by atoms with Gasteiger partial charge in [-0.15, -0.1) is 0 Å². The quantitative estimate of drug-likeness (QED) is 0.542. The molecule has 1 fully saturated rings. The Balaban J connectivity index is 1.31. The van der Waals surface area contributed by atoms with Gasteiger partial charge in [-0.05, 0) is 25.7 Å². The number of nitrogens with zero attached hydrogens (tertiary/aromatic N) is 6. The van der Waals surface area contributed by atoms with E-state index in [0.717, 1.165) is 47.8 Å². The van der Waals surface area contributed by atoms with Gasteiger partial charge in [-0.1, -0.05) is 0 Å². The molecule has 1 aliphatic carbocycles. The van der Waals surface area contributed by atoms with Crippen LogP contribution in [0.15, 0.2) is 37.2 Å². The summed E-state index contributed by atoms with van der Waals surface area (Å²) < 4.78 is 1.89. The van der Waals surface area contributed by atoms with Crippen LogP contribution < -0.4 is 5.32 Å². The van der Waals surface area contributed by atoms with Gasteiger partial charge in [0.25, 0.3) is 0 Å². The highest BCUT2D eigenvalue weighted by Crippen LogP contribution is 2.29. The van der Waals surface area contributed by atoms with Gasteiger partial charge >= 0.3 is 0 Å². The van der Waals surface area contributed by atoms with Crippen molar-refractivity contribution in [3.8, 4) is 11.1 Å². The van der Waals surface area contributed by atoms with Crippen LogP contribution in [-0.4, -0.2) is 60.3 Å². The predicted molar refractivity (Wildman–Crippen MR) is 114 cm³/mol. The second-order valence-corrected chi connectivity index (χ2v) is 8.06. The number of aromatic nitrogens is 6. The van der Waals surface area contributed by atoms with Crippen LogP contribution in [0.1, 0.15) is 25.7 Å². The zero-order chi connectivity index (χ0) is 20.7. The minimum absolute atomic E-state index is 0.133. The highest BCUT2D eigenvalue weighted by atomic mass is 16.2. The lowest BCUT2D eigenvalue weighted by atomic mass is 9.85. The Morgan fingerprint density at radius 1 is 1.17 bits per heavy atom. The smallest absolute Gasteiger partial charge is 0.233 e. The van der Waals surface area contributed by atoms with Crippen molar-refractivity contribution < 1.29 is 4.79 Å². The molecular formula is C21H24N8O. The average Bonchev–Trinajstić information content (AvgIpc) is 3.39. The van der Waals surface area contributed by atoms with Crippen molar-refractivity contribution in [3.63, 3.8) is 0 Å². The van der Waals surface area contributed by atoms with Gasteiger partial charge in [-0.3, -0.25) is 9.20 Å². The van der Waals surface area contributed by atoms with E-state index in [1.807, 2.05) is 49.5 Å². The monoisotopic (exact) mass is 404 g/mol. The molecule has 0 spiro atoms. The molecular weight excluding hydrogens is 380 g/mol. The third kappa shape index (κ3) is 3.36. The van der Waals surface area contributed by atoms with Gasteiger partial charge in [0.05, 0.1) is 0 Å². The van der Waals surface area contributed by atoms with E-state index in [-0.39, 0.29) is 17.9 Å². The first-order valence-corrected chi connectivity index (χ1v) is 10.2. The van der Waals surface area contributed by atoms with Crippen LogP contribution in [0, 0.1) is 5.92 Å². The molecule has 1 saturated carbocycles. The number of carbonyl (C=O) groups is 1. The third-order valence-corrected chi connectivity index (χ3v) is 5.84. The van der Waals surface area contributed by atoms with Crippen molar-refractivity contribution in [2.75, 3.05) is 19.4 Å². The van der Waals surface area contributed by atoms with Crippen molar-refractivity contribution in [3.05, 3.63) is 37.2 Å². The number of carbonyl (C=O) groups excluding carboxylic acids is 1. The molecule has 9 heteroatoms. The molecule has 2 N–H and O–H groups in total. The fourth-order valence-electron chi connectivity index (χ4n) is 4.20. The molecule has 0 aliphatic heterocycles. The summed E-state index contributed by atoms with van der Waals surface area (Å²) in [6, 6.07) is 0.288. The summed E-state index contributed by atoms with van der Waals surface area (Å²) in [6.45, 7) is 0. The maximum absolute atomic E-state index is 12.2. The van der Waals surface area contributed by atoms with Gasteiger partial charge < -0.3 is 15.2 Å². The molecule has 0 aromatic carbocycles. The topological polar surface area (TPSA) is 104 Å². The molecule has 30 heavy (non-hydrogen) atoms. The highest BCUT2D eigenvalue weighted by molar-refractivity contribution is 5.93. The normalized spacial score (nSPS) is 19.3. The number of nitrogens with one attached hydrogen (secondary N) is 2. The van der Waals surface area contributed by atoms with Crippen LogP contribution in [0.4, 0.5) is 5.95 Å². The fourth-order valence-corrected chi connectivity index (χ4v) is 4.20. The number of imidazole rings is 1. The van der Waals surface area contributed by atoms with Gasteiger partial charge in [0.15, 0.2) is 0 Å². The first-order chi connectivity index (χ1) is 14.6. The zero-order valence-electron chi connectivity index (χ0n) is 17.0. The second kappa shape index (κ2) is 7.40. The zero-order valence-corrected chi connectivity index (χ0v) is 17.0. The van der Waals surface area contributed by atoms with Crippen molar-refractivity contribution >= 4 is 28.7 Å². The molecule has 4 aromatic heterocycles. The van der Waals surface area contributed by atoms with Crippen LogP contribution in [0.2, 0.25) is 0 Å². The minimum Gasteiger partial charge on any atom is -0.351 e. The van der Waals surface area contributed by atoms with Crippen molar-refractivity contribution in [2.24, 2.45) is 5.92 Å². The van der Waals surface area contributed by atoms with Crippen LogP contribution >= 0.6 is 0 Å². The van der Waals surface area contributed by atoms with E-state index in [9.17, 15) is 4.79 Å². The Labute approximate surface area is 173 Å². The molecule has 154 valence electrons. The number of amides is 1. The van der Waals surface area contributed by atoms with E-state index in [0.29, 0.717) is 11.7 Å². The largest absolute Gasteiger partial charge is 0.351 e. The maximum Gasteiger partial charge on any atom is 0.233 e. The molecule has 0 bridgehead atoms. The van der Waals surface area contributed by atoms with E-state index < -0.39 is 0 Å². The fraction of sp³-hybridized carbons (Fsp3) is 0.381. The highest BCUT2D eigenvalue weighted by Gasteiger charge is 2.27. The SMILES string of the molecule is CN(C)C(=O)[C@H]1CC[C@@H](Nc2ncc3c(-c4cnc5nccn5c4)c[nH]c3n2)CC1. The molecule has 9 nitrogen and oxygen atoms in total. The number of hydrogen-bond acceptors (Lipinski definition) is 6. The van der Waals surface area contributed by atoms with Gasteiger partial charge in [0.1, 0.15) is 5.65 Å². The van der Waals surface area contributed by atoms with Crippen LogP contribution in [-0.2, 0) is 4.79 Å². The van der Waals surface area contributed by atoms with E-state index in [1.165, 1.54) is 0 Å². The Hall–Kier alpha value is -3.49. The van der Waals surface area contributed by atoms with E-state index in [4.69, 9.17) is 0 Å². The summed E-state index contributed by atoms with van der Waals surface area (Å²) in [6.07, 6.45) is 14.9.